The van der Waals surface area contributed by atoms with Gasteiger partial charge in [-0.2, -0.15) is 0 Å². The second-order valence-corrected chi connectivity index (χ2v) is 4.75. The van der Waals surface area contributed by atoms with E-state index in [9.17, 15) is 9.59 Å². The predicted octanol–water partition coefficient (Wildman–Crippen LogP) is -0.634. The van der Waals surface area contributed by atoms with Crippen molar-refractivity contribution < 1.29 is 9.59 Å². The quantitative estimate of drug-likeness (QED) is 0.583. The maximum Gasteiger partial charge on any atom is 0.224 e. The fourth-order valence-corrected chi connectivity index (χ4v) is 1.42. The molecule has 0 saturated carbocycles. The summed E-state index contributed by atoms with van der Waals surface area (Å²) in [5.41, 5.74) is 5.36. The van der Waals surface area contributed by atoms with Gasteiger partial charge in [0.05, 0.1) is 5.92 Å². The van der Waals surface area contributed by atoms with Crippen molar-refractivity contribution in [3.05, 3.63) is 0 Å². The highest BCUT2D eigenvalue weighted by molar-refractivity contribution is 5.83. The largest absolute Gasteiger partial charge is 0.355 e. The van der Waals surface area contributed by atoms with Gasteiger partial charge in [-0.15, -0.1) is 0 Å². The zero-order valence-electron chi connectivity index (χ0n) is 9.30. The summed E-state index contributed by atoms with van der Waals surface area (Å²) in [6.45, 7) is 4.61. The zero-order valence-corrected chi connectivity index (χ0v) is 9.30. The van der Waals surface area contributed by atoms with E-state index in [0.717, 1.165) is 0 Å². The minimum Gasteiger partial charge on any atom is -0.355 e. The molecule has 5 nitrogen and oxygen atoms in total. The third kappa shape index (κ3) is 4.29. The minimum absolute atomic E-state index is 0.0199. The summed E-state index contributed by atoms with van der Waals surface area (Å²) in [7, 11) is 0. The second-order valence-electron chi connectivity index (χ2n) is 4.75. The highest BCUT2D eigenvalue weighted by atomic mass is 16.2. The molecule has 0 bridgehead atoms. The van der Waals surface area contributed by atoms with E-state index < -0.39 is 5.54 Å². The van der Waals surface area contributed by atoms with Gasteiger partial charge in [0.2, 0.25) is 11.8 Å². The smallest absolute Gasteiger partial charge is 0.224 e. The van der Waals surface area contributed by atoms with E-state index in [1.54, 1.807) is 0 Å². The molecular weight excluding hydrogens is 194 g/mol. The van der Waals surface area contributed by atoms with E-state index in [0.29, 0.717) is 25.9 Å². The molecule has 86 valence electrons. The van der Waals surface area contributed by atoms with E-state index in [4.69, 9.17) is 5.73 Å². The van der Waals surface area contributed by atoms with Gasteiger partial charge in [0.25, 0.3) is 0 Å². The fraction of sp³-hybridized carbons (Fsp3) is 0.800. The molecule has 0 spiro atoms. The number of carbonyl (C=O) groups excluding carboxylic acids is 2. The van der Waals surface area contributed by atoms with Crippen LogP contribution in [-0.2, 0) is 9.59 Å². The maximum absolute atomic E-state index is 11.6. The van der Waals surface area contributed by atoms with Crippen molar-refractivity contribution in [1.29, 1.82) is 0 Å². The lowest BCUT2D eigenvalue weighted by Crippen LogP contribution is -2.49. The van der Waals surface area contributed by atoms with E-state index in [-0.39, 0.29) is 17.7 Å². The first kappa shape index (κ1) is 12.0. The molecule has 0 radical (unpaired) electrons. The number of hydrogen-bond donors (Lipinski definition) is 3. The molecule has 0 aromatic heterocycles. The summed E-state index contributed by atoms with van der Waals surface area (Å²) in [5.74, 6) is -0.100. The molecule has 0 aliphatic carbocycles. The Labute approximate surface area is 89.8 Å². The number of rotatable bonds is 3. The molecule has 4 N–H and O–H groups in total. The normalized spacial score (nSPS) is 22.1. The summed E-state index contributed by atoms with van der Waals surface area (Å²) < 4.78 is 0. The lowest BCUT2D eigenvalue weighted by atomic mass is 9.98. The molecule has 0 aromatic rings. The van der Waals surface area contributed by atoms with Gasteiger partial charge in [0.15, 0.2) is 0 Å². The van der Waals surface area contributed by atoms with Gasteiger partial charge >= 0.3 is 0 Å². The van der Waals surface area contributed by atoms with Gasteiger partial charge in [0, 0.05) is 25.0 Å². The van der Waals surface area contributed by atoms with Gasteiger partial charge in [-0.25, -0.2) is 0 Å². The molecule has 1 rings (SSSR count). The first-order valence-electron chi connectivity index (χ1n) is 5.22. The Balaban J connectivity index is 2.31. The first-order chi connectivity index (χ1) is 6.88. The second kappa shape index (κ2) is 4.61. The molecule has 1 fully saturated rings. The number of piperidine rings is 1. The number of carbonyl (C=O) groups is 2. The van der Waals surface area contributed by atoms with Gasteiger partial charge in [-0.05, 0) is 20.3 Å². The van der Waals surface area contributed by atoms with Crippen LogP contribution in [0.3, 0.4) is 0 Å². The Morgan fingerprint density at radius 1 is 1.67 bits per heavy atom. The Hall–Kier alpha value is -1.10. The monoisotopic (exact) mass is 213 g/mol. The van der Waals surface area contributed by atoms with Crippen LogP contribution in [0.15, 0.2) is 0 Å². The van der Waals surface area contributed by atoms with E-state index in [1.807, 2.05) is 13.8 Å². The van der Waals surface area contributed by atoms with Crippen molar-refractivity contribution >= 4 is 11.8 Å². The SMILES string of the molecule is CC(C)(N)CNC(=O)C1CCC(=O)NC1. The molecule has 1 heterocycles. The highest BCUT2D eigenvalue weighted by Gasteiger charge is 2.25. The maximum atomic E-state index is 11.6. The van der Waals surface area contributed by atoms with Crippen molar-refractivity contribution in [1.82, 2.24) is 10.6 Å². The Kier molecular flexibility index (Phi) is 3.68. The number of amides is 2. The summed E-state index contributed by atoms with van der Waals surface area (Å²) in [4.78, 5) is 22.5. The molecule has 2 amide bonds. The Morgan fingerprint density at radius 2 is 2.33 bits per heavy atom. The molecule has 1 aliphatic rings. The predicted molar refractivity (Wildman–Crippen MR) is 57.0 cm³/mol. The van der Waals surface area contributed by atoms with Crippen LogP contribution in [0.5, 0.6) is 0 Å². The third-order valence-corrected chi connectivity index (χ3v) is 2.35. The van der Waals surface area contributed by atoms with Crippen LogP contribution in [0.25, 0.3) is 0 Å². The zero-order chi connectivity index (χ0) is 11.5. The topological polar surface area (TPSA) is 84.2 Å². The van der Waals surface area contributed by atoms with E-state index in [1.165, 1.54) is 0 Å². The number of hydrogen-bond acceptors (Lipinski definition) is 3. The van der Waals surface area contributed by atoms with Crippen LogP contribution < -0.4 is 16.4 Å². The number of nitrogens with one attached hydrogen (secondary N) is 2. The molecule has 1 saturated heterocycles. The molecule has 5 heteroatoms. The third-order valence-electron chi connectivity index (χ3n) is 2.35. The van der Waals surface area contributed by atoms with Crippen molar-refractivity contribution in [2.45, 2.75) is 32.2 Å². The lowest BCUT2D eigenvalue weighted by Gasteiger charge is -2.24. The summed E-state index contributed by atoms with van der Waals surface area (Å²) in [5, 5.41) is 5.47. The summed E-state index contributed by atoms with van der Waals surface area (Å²) >= 11 is 0. The minimum atomic E-state index is -0.395. The molecular formula is C10H19N3O2. The van der Waals surface area contributed by atoms with Gasteiger partial charge in [0.1, 0.15) is 0 Å². The Morgan fingerprint density at radius 3 is 2.80 bits per heavy atom. The Bertz CT molecular complexity index is 248. The van der Waals surface area contributed by atoms with E-state index in [2.05, 4.69) is 10.6 Å². The lowest BCUT2D eigenvalue weighted by molar-refractivity contribution is -0.129. The van der Waals surface area contributed by atoms with Crippen molar-refractivity contribution in [3.63, 3.8) is 0 Å². The van der Waals surface area contributed by atoms with Gasteiger partial charge < -0.3 is 16.4 Å². The van der Waals surface area contributed by atoms with Gasteiger partial charge in [-0.3, -0.25) is 9.59 Å². The molecule has 1 aliphatic heterocycles. The number of nitrogens with two attached hydrogens (primary N) is 1. The molecule has 1 unspecified atom stereocenters. The van der Waals surface area contributed by atoms with Crippen LogP contribution in [0.4, 0.5) is 0 Å². The van der Waals surface area contributed by atoms with Crippen LogP contribution >= 0.6 is 0 Å². The van der Waals surface area contributed by atoms with Crippen molar-refractivity contribution in [2.75, 3.05) is 13.1 Å². The average molecular weight is 213 g/mol. The van der Waals surface area contributed by atoms with Crippen LogP contribution in [0.2, 0.25) is 0 Å². The highest BCUT2D eigenvalue weighted by Crippen LogP contribution is 2.10. The van der Waals surface area contributed by atoms with Crippen LogP contribution in [0, 0.1) is 5.92 Å². The van der Waals surface area contributed by atoms with Crippen molar-refractivity contribution in [2.24, 2.45) is 11.7 Å². The van der Waals surface area contributed by atoms with Gasteiger partial charge in [-0.1, -0.05) is 0 Å². The molecule has 15 heavy (non-hydrogen) atoms. The molecule has 0 aromatic carbocycles. The van der Waals surface area contributed by atoms with Crippen LogP contribution in [0.1, 0.15) is 26.7 Å². The van der Waals surface area contributed by atoms with Crippen molar-refractivity contribution in [3.8, 4) is 0 Å². The summed E-state index contributed by atoms with van der Waals surface area (Å²) in [6, 6.07) is 0. The molecule has 1 atom stereocenters. The first-order valence-corrected chi connectivity index (χ1v) is 5.22. The fourth-order valence-electron chi connectivity index (χ4n) is 1.42. The standard InChI is InChI=1S/C10H19N3O2/c1-10(2,11)6-13-9(15)7-3-4-8(14)12-5-7/h7H,3-6,11H2,1-2H3,(H,12,14)(H,13,15). The van der Waals surface area contributed by atoms with E-state index >= 15 is 0 Å². The average Bonchev–Trinajstić information content (AvgIpc) is 2.14. The van der Waals surface area contributed by atoms with Crippen LogP contribution in [-0.4, -0.2) is 30.4 Å². The summed E-state index contributed by atoms with van der Waals surface area (Å²) in [6.07, 6.45) is 1.06.